The van der Waals surface area contributed by atoms with Gasteiger partial charge < -0.3 is 5.32 Å². The molecule has 1 aromatic rings. The molecule has 1 N–H and O–H groups in total. The number of nitrogens with one attached hydrogen (secondary N) is 1. The van der Waals surface area contributed by atoms with Crippen LogP contribution in [-0.4, -0.2) is 5.91 Å². The van der Waals surface area contributed by atoms with Gasteiger partial charge in [0.05, 0.1) is 0 Å². The highest BCUT2D eigenvalue weighted by molar-refractivity contribution is 5.93. The first-order chi connectivity index (χ1) is 12.1. The molecular weight excluding hydrogens is 306 g/mol. The zero-order valence-electron chi connectivity index (χ0n) is 16.3. The fourth-order valence-corrected chi connectivity index (χ4v) is 5.11. The number of hydrogen-bond acceptors (Lipinski definition) is 1. The van der Waals surface area contributed by atoms with Gasteiger partial charge in [-0.25, -0.2) is 0 Å². The van der Waals surface area contributed by atoms with Crippen molar-refractivity contribution in [3.63, 3.8) is 0 Å². The third kappa shape index (κ3) is 4.65. The van der Waals surface area contributed by atoms with E-state index in [1.54, 1.807) is 0 Å². The topological polar surface area (TPSA) is 29.1 Å². The minimum absolute atomic E-state index is 0.212. The zero-order chi connectivity index (χ0) is 17.8. The molecule has 0 spiro atoms. The molecule has 0 aliphatic heterocycles. The second-order valence-corrected chi connectivity index (χ2v) is 8.61. The summed E-state index contributed by atoms with van der Waals surface area (Å²) in [6.45, 7) is 6.50. The van der Waals surface area contributed by atoms with Crippen LogP contribution >= 0.6 is 0 Å². The Labute approximate surface area is 153 Å². The monoisotopic (exact) mass is 341 g/mol. The Morgan fingerprint density at radius 1 is 0.960 bits per heavy atom. The number of carbonyl (C=O) groups excluding carboxylic acids is 1. The van der Waals surface area contributed by atoms with E-state index < -0.39 is 0 Å². The van der Waals surface area contributed by atoms with Gasteiger partial charge in [-0.05, 0) is 81.8 Å². The molecule has 1 aromatic carbocycles. The molecule has 3 rings (SSSR count). The van der Waals surface area contributed by atoms with E-state index in [-0.39, 0.29) is 11.8 Å². The fourth-order valence-electron chi connectivity index (χ4n) is 5.11. The fraction of sp³-hybridized carbons (Fsp3) is 0.696. The average Bonchev–Trinajstić information content (AvgIpc) is 2.64. The standard InChI is InChI=1S/C23H35NO/c1-4-18-6-8-19(9-7-18)20-10-12-21(13-11-20)23(25)24-22-14-5-16(2)15-17(22)3/h5,14-15,18-21H,4,6-13H2,1-3H3,(H,24,25). The number of rotatable bonds is 4. The van der Waals surface area contributed by atoms with Crippen LogP contribution in [0.1, 0.15) is 75.8 Å². The predicted molar refractivity (Wildman–Crippen MR) is 106 cm³/mol. The summed E-state index contributed by atoms with van der Waals surface area (Å²) in [5.74, 6) is 3.24. The van der Waals surface area contributed by atoms with Crippen molar-refractivity contribution in [3.8, 4) is 0 Å². The first kappa shape index (κ1) is 18.5. The van der Waals surface area contributed by atoms with E-state index in [1.807, 2.05) is 6.07 Å². The van der Waals surface area contributed by atoms with E-state index in [2.05, 4.69) is 38.2 Å². The van der Waals surface area contributed by atoms with Crippen LogP contribution in [0.25, 0.3) is 0 Å². The summed E-state index contributed by atoms with van der Waals surface area (Å²) in [4.78, 5) is 12.7. The summed E-state index contributed by atoms with van der Waals surface area (Å²) in [5.41, 5.74) is 3.39. The molecule has 2 fully saturated rings. The smallest absolute Gasteiger partial charge is 0.227 e. The number of amides is 1. The third-order valence-corrected chi connectivity index (χ3v) is 6.92. The molecule has 25 heavy (non-hydrogen) atoms. The molecule has 2 aliphatic rings. The number of anilines is 1. The van der Waals surface area contributed by atoms with Crippen LogP contribution in [0.4, 0.5) is 5.69 Å². The highest BCUT2D eigenvalue weighted by Gasteiger charge is 2.32. The minimum atomic E-state index is 0.212. The van der Waals surface area contributed by atoms with Crippen molar-refractivity contribution in [1.29, 1.82) is 0 Å². The van der Waals surface area contributed by atoms with Crippen LogP contribution < -0.4 is 5.32 Å². The highest BCUT2D eigenvalue weighted by Crippen LogP contribution is 2.42. The second kappa shape index (κ2) is 8.38. The molecule has 0 atom stereocenters. The first-order valence-corrected chi connectivity index (χ1v) is 10.4. The predicted octanol–water partition coefficient (Wildman–Crippen LogP) is 6.26. The molecule has 2 nitrogen and oxygen atoms in total. The molecular formula is C23H35NO. The van der Waals surface area contributed by atoms with Gasteiger partial charge in [0, 0.05) is 11.6 Å². The Morgan fingerprint density at radius 2 is 1.56 bits per heavy atom. The van der Waals surface area contributed by atoms with Crippen molar-refractivity contribution < 1.29 is 4.79 Å². The lowest BCUT2D eigenvalue weighted by molar-refractivity contribution is -0.121. The summed E-state index contributed by atoms with van der Waals surface area (Å²) < 4.78 is 0. The van der Waals surface area contributed by atoms with E-state index in [0.717, 1.165) is 41.8 Å². The van der Waals surface area contributed by atoms with Crippen molar-refractivity contribution in [2.75, 3.05) is 5.32 Å². The third-order valence-electron chi connectivity index (χ3n) is 6.92. The van der Waals surface area contributed by atoms with Crippen molar-refractivity contribution in [2.45, 2.75) is 78.6 Å². The van der Waals surface area contributed by atoms with Gasteiger partial charge in [-0.2, -0.15) is 0 Å². The molecule has 0 bridgehead atoms. The van der Waals surface area contributed by atoms with E-state index in [9.17, 15) is 4.79 Å². The van der Waals surface area contributed by atoms with Gasteiger partial charge in [0.15, 0.2) is 0 Å². The molecule has 2 saturated carbocycles. The average molecular weight is 342 g/mol. The zero-order valence-corrected chi connectivity index (χ0v) is 16.3. The maximum absolute atomic E-state index is 12.7. The van der Waals surface area contributed by atoms with E-state index in [4.69, 9.17) is 0 Å². The van der Waals surface area contributed by atoms with Crippen molar-refractivity contribution in [2.24, 2.45) is 23.7 Å². The molecule has 2 heteroatoms. The number of benzene rings is 1. The summed E-state index contributed by atoms with van der Waals surface area (Å²) >= 11 is 0. The lowest BCUT2D eigenvalue weighted by atomic mass is 9.69. The lowest BCUT2D eigenvalue weighted by Gasteiger charge is -2.37. The summed E-state index contributed by atoms with van der Waals surface area (Å²) in [7, 11) is 0. The first-order valence-electron chi connectivity index (χ1n) is 10.4. The molecule has 0 heterocycles. The van der Waals surface area contributed by atoms with E-state index in [1.165, 1.54) is 50.5 Å². The number of aryl methyl sites for hydroxylation is 2. The van der Waals surface area contributed by atoms with Crippen molar-refractivity contribution >= 4 is 11.6 Å². The minimum Gasteiger partial charge on any atom is -0.326 e. The largest absolute Gasteiger partial charge is 0.326 e. The molecule has 0 unspecified atom stereocenters. The Balaban J connectivity index is 1.48. The Morgan fingerprint density at radius 3 is 2.12 bits per heavy atom. The van der Waals surface area contributed by atoms with Gasteiger partial charge in [0.25, 0.3) is 0 Å². The normalized spacial score (nSPS) is 30.0. The van der Waals surface area contributed by atoms with Gasteiger partial charge in [0.1, 0.15) is 0 Å². The summed E-state index contributed by atoms with van der Waals surface area (Å²) in [6, 6.07) is 6.26. The van der Waals surface area contributed by atoms with Crippen LogP contribution in [0, 0.1) is 37.5 Å². The SMILES string of the molecule is CCC1CCC(C2CCC(C(=O)Nc3ccc(C)cc3C)CC2)CC1. The maximum atomic E-state index is 12.7. The number of carbonyl (C=O) groups is 1. The van der Waals surface area contributed by atoms with Gasteiger partial charge in [-0.3, -0.25) is 4.79 Å². The van der Waals surface area contributed by atoms with Crippen molar-refractivity contribution in [3.05, 3.63) is 29.3 Å². The molecule has 0 radical (unpaired) electrons. The Kier molecular flexibility index (Phi) is 6.19. The molecule has 0 saturated heterocycles. The van der Waals surface area contributed by atoms with Crippen LogP contribution in [0.2, 0.25) is 0 Å². The highest BCUT2D eigenvalue weighted by atomic mass is 16.1. The van der Waals surface area contributed by atoms with Gasteiger partial charge in [-0.1, -0.05) is 43.9 Å². The van der Waals surface area contributed by atoms with Gasteiger partial charge in [0.2, 0.25) is 5.91 Å². The van der Waals surface area contributed by atoms with Gasteiger partial charge >= 0.3 is 0 Å². The van der Waals surface area contributed by atoms with Crippen molar-refractivity contribution in [1.82, 2.24) is 0 Å². The Hall–Kier alpha value is -1.31. The summed E-state index contributed by atoms with van der Waals surface area (Å²) in [5, 5.41) is 3.18. The van der Waals surface area contributed by atoms with Crippen LogP contribution in [0.3, 0.4) is 0 Å². The molecule has 0 aromatic heterocycles. The molecule has 138 valence electrons. The van der Waals surface area contributed by atoms with Crippen LogP contribution in [-0.2, 0) is 4.79 Å². The number of hydrogen-bond donors (Lipinski definition) is 1. The van der Waals surface area contributed by atoms with Crippen LogP contribution in [0.15, 0.2) is 18.2 Å². The molecule has 2 aliphatic carbocycles. The lowest BCUT2D eigenvalue weighted by Crippen LogP contribution is -2.31. The van der Waals surface area contributed by atoms with Crippen LogP contribution in [0.5, 0.6) is 0 Å². The maximum Gasteiger partial charge on any atom is 0.227 e. The van der Waals surface area contributed by atoms with E-state index in [0.29, 0.717) is 0 Å². The quantitative estimate of drug-likeness (QED) is 0.687. The van der Waals surface area contributed by atoms with Gasteiger partial charge in [-0.15, -0.1) is 0 Å². The molecule has 1 amide bonds. The second-order valence-electron chi connectivity index (χ2n) is 8.61. The van der Waals surface area contributed by atoms with E-state index >= 15 is 0 Å². The Bertz CT molecular complexity index is 578. The summed E-state index contributed by atoms with van der Waals surface area (Å²) in [6.07, 6.45) is 11.8.